The fourth-order valence-electron chi connectivity index (χ4n) is 2.26. The molecule has 1 unspecified atom stereocenters. The average molecular weight is 274 g/mol. The van der Waals surface area contributed by atoms with Gasteiger partial charge in [0.25, 0.3) is 0 Å². The molecule has 1 heterocycles. The summed E-state index contributed by atoms with van der Waals surface area (Å²) < 4.78 is 10.6. The molecule has 0 saturated heterocycles. The normalized spacial score (nSPS) is 24.6. The molecule has 3 aliphatic rings. The van der Waals surface area contributed by atoms with Crippen molar-refractivity contribution in [3.63, 3.8) is 0 Å². The average Bonchev–Trinajstić information content (AvgIpc) is 2.65. The number of carbonyl (C=O) groups is 1. The number of allylic oxidation sites excluding steroid dienone is 5. The molecule has 0 bridgehead atoms. The molecule has 0 spiro atoms. The molecule has 3 nitrogen and oxygen atoms in total. The van der Waals surface area contributed by atoms with E-state index in [1.807, 2.05) is 24.3 Å². The van der Waals surface area contributed by atoms with Crippen LogP contribution in [-0.4, -0.2) is 18.3 Å². The first-order valence-electron chi connectivity index (χ1n) is 6.20. The fraction of sp³-hybridized carbons (Fsp3) is 0.267. The van der Waals surface area contributed by atoms with Crippen LogP contribution in [0.25, 0.3) is 0 Å². The summed E-state index contributed by atoms with van der Waals surface area (Å²) in [7, 11) is 1.39. The lowest BCUT2D eigenvalue weighted by atomic mass is 10.0. The molecule has 0 N–H and O–H groups in total. The first-order valence-corrected chi connectivity index (χ1v) is 7.08. The Morgan fingerprint density at radius 3 is 3.21 bits per heavy atom. The second-order valence-electron chi connectivity index (χ2n) is 4.42. The zero-order valence-corrected chi connectivity index (χ0v) is 11.4. The smallest absolute Gasteiger partial charge is 0.341 e. The zero-order chi connectivity index (χ0) is 13.2. The van der Waals surface area contributed by atoms with Crippen LogP contribution in [0, 0.1) is 0 Å². The van der Waals surface area contributed by atoms with Crippen molar-refractivity contribution in [2.75, 3.05) is 7.11 Å². The van der Waals surface area contributed by atoms with Crippen molar-refractivity contribution in [2.45, 2.75) is 18.1 Å². The maximum atomic E-state index is 11.8. The number of fused-ring (bicyclic) bond motifs is 1. The van der Waals surface area contributed by atoms with E-state index in [1.54, 1.807) is 18.0 Å². The van der Waals surface area contributed by atoms with E-state index in [9.17, 15) is 4.79 Å². The lowest BCUT2D eigenvalue weighted by Crippen LogP contribution is -2.12. The molecule has 1 atom stereocenters. The predicted molar refractivity (Wildman–Crippen MR) is 75.2 cm³/mol. The van der Waals surface area contributed by atoms with E-state index in [0.29, 0.717) is 11.3 Å². The molecule has 0 aromatic carbocycles. The van der Waals surface area contributed by atoms with Crippen molar-refractivity contribution >= 4 is 17.7 Å². The van der Waals surface area contributed by atoms with Gasteiger partial charge in [-0.2, -0.15) is 0 Å². The Hall–Kier alpha value is -1.68. The standard InChI is InChI=1S/C15H14O3S/c1-17-15(16)11-6-4-8-13-14(11)18-9-10-5-2-3-7-12(10)19-13/h2-3,5-7,9,12H,4,8H2,1H3. The molecule has 0 fully saturated rings. The molecule has 98 valence electrons. The Morgan fingerprint density at radius 1 is 1.47 bits per heavy atom. The van der Waals surface area contributed by atoms with Gasteiger partial charge in [-0.05, 0) is 12.8 Å². The van der Waals surface area contributed by atoms with Crippen molar-refractivity contribution in [3.8, 4) is 0 Å². The van der Waals surface area contributed by atoms with Gasteiger partial charge in [-0.3, -0.25) is 0 Å². The molecule has 0 aromatic rings. The molecule has 0 aromatic heterocycles. The number of carbonyl (C=O) groups excluding carboxylic acids is 1. The van der Waals surface area contributed by atoms with Crippen molar-refractivity contribution < 1.29 is 14.3 Å². The number of rotatable bonds is 1. The molecular weight excluding hydrogens is 260 g/mol. The van der Waals surface area contributed by atoms with Crippen molar-refractivity contribution in [1.29, 1.82) is 0 Å². The van der Waals surface area contributed by atoms with Gasteiger partial charge in [-0.25, -0.2) is 4.79 Å². The maximum absolute atomic E-state index is 11.8. The molecule has 0 saturated carbocycles. The van der Waals surface area contributed by atoms with E-state index < -0.39 is 0 Å². The minimum absolute atomic E-state index is 0.273. The van der Waals surface area contributed by atoms with E-state index in [4.69, 9.17) is 9.47 Å². The van der Waals surface area contributed by atoms with Crippen molar-refractivity contribution in [2.24, 2.45) is 0 Å². The van der Waals surface area contributed by atoms with E-state index >= 15 is 0 Å². The Morgan fingerprint density at radius 2 is 2.37 bits per heavy atom. The third-order valence-electron chi connectivity index (χ3n) is 3.22. The summed E-state index contributed by atoms with van der Waals surface area (Å²) in [5, 5.41) is 0.273. The molecule has 19 heavy (non-hydrogen) atoms. The molecule has 0 amide bonds. The molecule has 0 radical (unpaired) electrons. The summed E-state index contributed by atoms with van der Waals surface area (Å²) in [6.45, 7) is 0. The van der Waals surface area contributed by atoms with E-state index in [2.05, 4.69) is 6.08 Å². The van der Waals surface area contributed by atoms with Crippen LogP contribution in [-0.2, 0) is 14.3 Å². The Labute approximate surface area is 116 Å². The Bertz CT molecular complexity index is 564. The van der Waals surface area contributed by atoms with Gasteiger partial charge >= 0.3 is 5.97 Å². The van der Waals surface area contributed by atoms with Crippen LogP contribution in [0.2, 0.25) is 0 Å². The van der Waals surface area contributed by atoms with Gasteiger partial charge in [0.15, 0.2) is 0 Å². The highest BCUT2D eigenvalue weighted by Gasteiger charge is 2.28. The van der Waals surface area contributed by atoms with Gasteiger partial charge in [0.1, 0.15) is 5.76 Å². The third-order valence-corrected chi connectivity index (χ3v) is 4.58. The summed E-state index contributed by atoms with van der Waals surface area (Å²) in [5.41, 5.74) is 1.66. The topological polar surface area (TPSA) is 35.5 Å². The second kappa shape index (κ2) is 5.13. The largest absolute Gasteiger partial charge is 0.465 e. The lowest BCUT2D eigenvalue weighted by molar-refractivity contribution is -0.136. The Kier molecular flexibility index (Phi) is 3.34. The summed E-state index contributed by atoms with van der Waals surface area (Å²) >= 11 is 1.75. The van der Waals surface area contributed by atoms with E-state index in [0.717, 1.165) is 23.3 Å². The monoisotopic (exact) mass is 274 g/mol. The molecule has 2 aliphatic carbocycles. The van der Waals surface area contributed by atoms with Crippen molar-refractivity contribution in [3.05, 3.63) is 58.5 Å². The minimum atomic E-state index is -0.331. The van der Waals surface area contributed by atoms with Crippen LogP contribution in [0.1, 0.15) is 12.8 Å². The molecule has 4 heteroatoms. The number of hydrogen-bond acceptors (Lipinski definition) is 4. The summed E-state index contributed by atoms with van der Waals surface area (Å²) in [6, 6.07) is 0. The van der Waals surface area contributed by atoms with Crippen LogP contribution in [0.4, 0.5) is 0 Å². The fourth-order valence-corrected chi connectivity index (χ4v) is 3.51. The van der Waals surface area contributed by atoms with Crippen LogP contribution < -0.4 is 0 Å². The summed E-state index contributed by atoms with van der Waals surface area (Å²) in [4.78, 5) is 12.9. The number of thioether (sulfide) groups is 1. The highest BCUT2D eigenvalue weighted by molar-refractivity contribution is 8.04. The van der Waals surface area contributed by atoms with E-state index in [-0.39, 0.29) is 11.2 Å². The quantitative estimate of drug-likeness (QED) is 0.688. The lowest BCUT2D eigenvalue weighted by Gasteiger charge is -2.19. The number of hydrogen-bond donors (Lipinski definition) is 0. The van der Waals surface area contributed by atoms with Gasteiger partial charge in [0.2, 0.25) is 0 Å². The Balaban J connectivity index is 1.96. The molecule has 3 rings (SSSR count). The highest BCUT2D eigenvalue weighted by atomic mass is 32.2. The van der Waals surface area contributed by atoms with Crippen molar-refractivity contribution in [1.82, 2.24) is 0 Å². The first kappa shape index (κ1) is 12.4. The van der Waals surface area contributed by atoms with Gasteiger partial charge in [-0.15, -0.1) is 11.8 Å². The maximum Gasteiger partial charge on any atom is 0.341 e. The summed E-state index contributed by atoms with van der Waals surface area (Å²) in [6.07, 6.45) is 13.6. The number of methoxy groups -OCH3 is 1. The second-order valence-corrected chi connectivity index (χ2v) is 5.65. The third kappa shape index (κ3) is 2.28. The SMILES string of the molecule is COC(=O)C1=CCCC2=C1OC=C1C=CC=CC1S2. The zero-order valence-electron chi connectivity index (χ0n) is 10.6. The van der Waals surface area contributed by atoms with Crippen LogP contribution in [0.15, 0.2) is 58.5 Å². The van der Waals surface area contributed by atoms with Gasteiger partial charge in [0.05, 0.1) is 24.2 Å². The minimum Gasteiger partial charge on any atom is -0.465 e. The number of esters is 1. The highest BCUT2D eigenvalue weighted by Crippen LogP contribution is 2.42. The molecular formula is C15H14O3S. The van der Waals surface area contributed by atoms with Gasteiger partial charge in [0, 0.05) is 10.5 Å². The van der Waals surface area contributed by atoms with Crippen LogP contribution in [0.3, 0.4) is 0 Å². The number of ether oxygens (including phenoxy) is 2. The predicted octanol–water partition coefficient (Wildman–Crippen LogP) is 3.23. The van der Waals surface area contributed by atoms with E-state index in [1.165, 1.54) is 7.11 Å². The first-order chi connectivity index (χ1) is 9.29. The summed E-state index contributed by atoms with van der Waals surface area (Å²) in [5.74, 6) is 0.328. The van der Waals surface area contributed by atoms with Gasteiger partial charge < -0.3 is 9.47 Å². The van der Waals surface area contributed by atoms with Crippen LogP contribution in [0.5, 0.6) is 0 Å². The van der Waals surface area contributed by atoms with Crippen LogP contribution >= 0.6 is 11.8 Å². The molecule has 1 aliphatic heterocycles. The van der Waals surface area contributed by atoms with Gasteiger partial charge in [-0.1, -0.05) is 30.4 Å².